The van der Waals surface area contributed by atoms with Gasteiger partial charge in [0.15, 0.2) is 0 Å². The minimum absolute atomic E-state index is 0.0201. The predicted molar refractivity (Wildman–Crippen MR) is 69.7 cm³/mol. The molecule has 92 valence electrons. The lowest BCUT2D eigenvalue weighted by Crippen LogP contribution is -2.18. The molecule has 0 aromatic heterocycles. The Kier molecular flexibility index (Phi) is 3.79. The molecule has 1 aliphatic carbocycles. The van der Waals surface area contributed by atoms with Crippen LogP contribution < -0.4 is 10.6 Å². The van der Waals surface area contributed by atoms with Gasteiger partial charge in [0.1, 0.15) is 0 Å². The molecular weight excluding hydrogens is 212 g/mol. The smallest absolute Gasteiger partial charge is 0.221 e. The van der Waals surface area contributed by atoms with Crippen molar-refractivity contribution in [3.8, 4) is 0 Å². The first kappa shape index (κ1) is 12.1. The highest BCUT2D eigenvalue weighted by molar-refractivity contribution is 5.89. The number of hydrogen-bond donors (Lipinski definition) is 2. The molecule has 2 unspecified atom stereocenters. The first-order valence-corrected chi connectivity index (χ1v) is 6.23. The van der Waals surface area contributed by atoms with Gasteiger partial charge in [0.2, 0.25) is 5.91 Å². The van der Waals surface area contributed by atoms with Gasteiger partial charge in [-0.3, -0.25) is 4.79 Å². The number of amides is 1. The second kappa shape index (κ2) is 5.32. The van der Waals surface area contributed by atoms with E-state index in [1.807, 2.05) is 18.2 Å². The molecule has 3 nitrogen and oxygen atoms in total. The van der Waals surface area contributed by atoms with E-state index in [0.29, 0.717) is 0 Å². The van der Waals surface area contributed by atoms with Crippen LogP contribution in [0.15, 0.2) is 24.3 Å². The van der Waals surface area contributed by atoms with Crippen LogP contribution in [0.25, 0.3) is 0 Å². The number of benzene rings is 1. The van der Waals surface area contributed by atoms with Crippen LogP contribution in [0.2, 0.25) is 0 Å². The van der Waals surface area contributed by atoms with Gasteiger partial charge in [0, 0.05) is 19.2 Å². The van der Waals surface area contributed by atoms with Gasteiger partial charge in [0.25, 0.3) is 0 Å². The second-order valence-electron chi connectivity index (χ2n) is 4.94. The molecule has 1 amide bonds. The molecule has 0 bridgehead atoms. The Morgan fingerprint density at radius 2 is 2.12 bits per heavy atom. The summed E-state index contributed by atoms with van der Waals surface area (Å²) in [5, 5.41) is 6.31. The van der Waals surface area contributed by atoms with Crippen LogP contribution in [0.5, 0.6) is 0 Å². The minimum atomic E-state index is -0.0201. The van der Waals surface area contributed by atoms with Crippen molar-refractivity contribution in [1.29, 1.82) is 0 Å². The number of anilines is 1. The molecule has 0 aliphatic heterocycles. The fraction of sp³-hybridized carbons (Fsp3) is 0.500. The molecule has 0 spiro atoms. The zero-order chi connectivity index (χ0) is 12.3. The van der Waals surface area contributed by atoms with E-state index in [9.17, 15) is 4.79 Å². The average Bonchev–Trinajstić information content (AvgIpc) is 2.96. The van der Waals surface area contributed by atoms with Crippen molar-refractivity contribution in [3.63, 3.8) is 0 Å². The van der Waals surface area contributed by atoms with Crippen molar-refractivity contribution in [2.24, 2.45) is 11.8 Å². The minimum Gasteiger partial charge on any atom is -0.326 e. The molecule has 3 heteroatoms. The highest BCUT2D eigenvalue weighted by atomic mass is 16.1. The lowest BCUT2D eigenvalue weighted by atomic mass is 10.1. The normalized spacial score (nSPS) is 22.2. The molecule has 0 heterocycles. The summed E-state index contributed by atoms with van der Waals surface area (Å²) < 4.78 is 0. The molecule has 2 N–H and O–H groups in total. The number of hydrogen-bond acceptors (Lipinski definition) is 2. The second-order valence-corrected chi connectivity index (χ2v) is 4.94. The zero-order valence-electron chi connectivity index (χ0n) is 10.5. The van der Waals surface area contributed by atoms with Crippen LogP contribution in [0.3, 0.4) is 0 Å². The Bertz CT molecular complexity index is 403. The van der Waals surface area contributed by atoms with Crippen LogP contribution in [0, 0.1) is 11.8 Å². The van der Waals surface area contributed by atoms with E-state index in [1.165, 1.54) is 13.3 Å². The van der Waals surface area contributed by atoms with Gasteiger partial charge in [-0.15, -0.1) is 0 Å². The Labute approximate surface area is 103 Å². The number of rotatable bonds is 5. The van der Waals surface area contributed by atoms with E-state index < -0.39 is 0 Å². The molecule has 17 heavy (non-hydrogen) atoms. The SMILES string of the molecule is CC(=O)Nc1ccccc1CNCC1CC1C. The molecule has 2 rings (SSSR count). The molecule has 1 saturated carbocycles. The quantitative estimate of drug-likeness (QED) is 0.818. The van der Waals surface area contributed by atoms with Gasteiger partial charge in [-0.2, -0.15) is 0 Å². The summed E-state index contributed by atoms with van der Waals surface area (Å²) >= 11 is 0. The Morgan fingerprint density at radius 1 is 1.41 bits per heavy atom. The summed E-state index contributed by atoms with van der Waals surface area (Å²) in [7, 11) is 0. The molecule has 0 saturated heterocycles. The monoisotopic (exact) mass is 232 g/mol. The maximum Gasteiger partial charge on any atom is 0.221 e. The topological polar surface area (TPSA) is 41.1 Å². The lowest BCUT2D eigenvalue weighted by molar-refractivity contribution is -0.114. The van der Waals surface area contributed by atoms with Crippen LogP contribution >= 0.6 is 0 Å². The molecular formula is C14H20N2O. The van der Waals surface area contributed by atoms with E-state index in [1.54, 1.807) is 0 Å². The summed E-state index contributed by atoms with van der Waals surface area (Å²) in [5.74, 6) is 1.71. The Morgan fingerprint density at radius 3 is 2.76 bits per heavy atom. The summed E-state index contributed by atoms with van der Waals surface area (Å²) in [6, 6.07) is 7.94. The highest BCUT2D eigenvalue weighted by Gasteiger charge is 2.31. The molecule has 0 radical (unpaired) electrons. The van der Waals surface area contributed by atoms with Crippen LogP contribution in [-0.4, -0.2) is 12.5 Å². The van der Waals surface area contributed by atoms with E-state index in [-0.39, 0.29) is 5.91 Å². The Hall–Kier alpha value is -1.35. The number of para-hydroxylation sites is 1. The number of carbonyl (C=O) groups excluding carboxylic acids is 1. The van der Waals surface area contributed by atoms with E-state index in [0.717, 1.165) is 36.2 Å². The molecule has 1 aromatic carbocycles. The molecule has 1 aromatic rings. The third-order valence-electron chi connectivity index (χ3n) is 3.33. The lowest BCUT2D eigenvalue weighted by Gasteiger charge is -2.10. The summed E-state index contributed by atoms with van der Waals surface area (Å²) in [6.07, 6.45) is 1.35. The van der Waals surface area contributed by atoms with Gasteiger partial charge in [-0.25, -0.2) is 0 Å². The largest absolute Gasteiger partial charge is 0.326 e. The van der Waals surface area contributed by atoms with Crippen molar-refractivity contribution in [2.45, 2.75) is 26.8 Å². The van der Waals surface area contributed by atoms with Gasteiger partial charge in [-0.05, 0) is 36.4 Å². The number of carbonyl (C=O) groups is 1. The van der Waals surface area contributed by atoms with Crippen molar-refractivity contribution in [2.75, 3.05) is 11.9 Å². The van der Waals surface area contributed by atoms with Gasteiger partial charge < -0.3 is 10.6 Å². The highest BCUT2D eigenvalue weighted by Crippen LogP contribution is 2.36. The van der Waals surface area contributed by atoms with Crippen molar-refractivity contribution in [1.82, 2.24) is 5.32 Å². The molecule has 2 atom stereocenters. The predicted octanol–water partition coefficient (Wildman–Crippen LogP) is 2.39. The van der Waals surface area contributed by atoms with Crippen molar-refractivity contribution >= 4 is 11.6 Å². The average molecular weight is 232 g/mol. The fourth-order valence-corrected chi connectivity index (χ4v) is 2.06. The van der Waals surface area contributed by atoms with Crippen molar-refractivity contribution < 1.29 is 4.79 Å². The first-order valence-electron chi connectivity index (χ1n) is 6.23. The summed E-state index contributed by atoms with van der Waals surface area (Å²) in [4.78, 5) is 11.1. The standard InChI is InChI=1S/C14H20N2O/c1-10-7-13(10)9-15-8-12-5-3-4-6-14(12)16-11(2)17/h3-6,10,13,15H,7-9H2,1-2H3,(H,16,17). The Balaban J connectivity index is 1.87. The first-order chi connectivity index (χ1) is 8.16. The van der Waals surface area contributed by atoms with Gasteiger partial charge in [-0.1, -0.05) is 25.1 Å². The maximum atomic E-state index is 11.1. The van der Waals surface area contributed by atoms with E-state index >= 15 is 0 Å². The maximum absolute atomic E-state index is 11.1. The molecule has 1 aliphatic rings. The summed E-state index contributed by atoms with van der Waals surface area (Å²) in [5.41, 5.74) is 2.06. The number of nitrogens with one attached hydrogen (secondary N) is 2. The summed E-state index contributed by atoms with van der Waals surface area (Å²) in [6.45, 7) is 5.73. The third kappa shape index (κ3) is 3.56. The van der Waals surface area contributed by atoms with Gasteiger partial charge in [0.05, 0.1) is 0 Å². The molecule has 1 fully saturated rings. The van der Waals surface area contributed by atoms with E-state index in [2.05, 4.69) is 23.6 Å². The zero-order valence-corrected chi connectivity index (χ0v) is 10.5. The van der Waals surface area contributed by atoms with Gasteiger partial charge >= 0.3 is 0 Å². The third-order valence-corrected chi connectivity index (χ3v) is 3.33. The van der Waals surface area contributed by atoms with Crippen LogP contribution in [0.1, 0.15) is 25.8 Å². The van der Waals surface area contributed by atoms with E-state index in [4.69, 9.17) is 0 Å². The van der Waals surface area contributed by atoms with Crippen molar-refractivity contribution in [3.05, 3.63) is 29.8 Å². The fourth-order valence-electron chi connectivity index (χ4n) is 2.06. The van der Waals surface area contributed by atoms with Crippen LogP contribution in [-0.2, 0) is 11.3 Å². The van der Waals surface area contributed by atoms with Crippen LogP contribution in [0.4, 0.5) is 5.69 Å².